The number of alkyl carbamates (subject to hydrolysis) is 1. The fourth-order valence-electron chi connectivity index (χ4n) is 4.36. The van der Waals surface area contributed by atoms with Crippen LogP contribution < -0.4 is 10.6 Å². The number of aromatic nitrogens is 3. The van der Waals surface area contributed by atoms with Crippen molar-refractivity contribution in [2.24, 2.45) is 0 Å². The molecule has 2 amide bonds. The summed E-state index contributed by atoms with van der Waals surface area (Å²) in [5.41, 5.74) is 1.13. The Kier molecular flexibility index (Phi) is 10.9. The average Bonchev–Trinajstić information content (AvgIpc) is 3.29. The summed E-state index contributed by atoms with van der Waals surface area (Å²) in [5.74, 6) is -0.373. The summed E-state index contributed by atoms with van der Waals surface area (Å²) in [6.07, 6.45) is 8.12. The van der Waals surface area contributed by atoms with Crippen LogP contribution in [0.1, 0.15) is 71.3 Å². The molecule has 0 fully saturated rings. The van der Waals surface area contributed by atoms with Gasteiger partial charge in [0.2, 0.25) is 5.60 Å². The molecular weight excluding hydrogens is 466 g/mol. The van der Waals surface area contributed by atoms with Crippen molar-refractivity contribution in [3.05, 3.63) is 60.2 Å². The van der Waals surface area contributed by atoms with Crippen LogP contribution in [-0.4, -0.2) is 45.2 Å². The zero-order valence-corrected chi connectivity index (χ0v) is 22.4. The molecule has 200 valence electrons. The summed E-state index contributed by atoms with van der Waals surface area (Å²) in [6.45, 7) is 6.27. The van der Waals surface area contributed by atoms with Gasteiger partial charge in [-0.3, -0.25) is 4.79 Å². The van der Waals surface area contributed by atoms with E-state index >= 15 is 0 Å². The van der Waals surface area contributed by atoms with Crippen molar-refractivity contribution in [1.29, 1.82) is 0 Å². The monoisotopic (exact) mass is 507 g/mol. The van der Waals surface area contributed by atoms with Gasteiger partial charge >= 0.3 is 6.09 Å². The van der Waals surface area contributed by atoms with E-state index < -0.39 is 11.7 Å². The number of carbonyl (C=O) groups is 2. The first-order valence-corrected chi connectivity index (χ1v) is 13.5. The highest BCUT2D eigenvalue weighted by molar-refractivity contribution is 5.87. The molecule has 0 aliphatic rings. The Morgan fingerprint density at radius 3 is 2.49 bits per heavy atom. The van der Waals surface area contributed by atoms with E-state index in [0.717, 1.165) is 30.3 Å². The van der Waals surface area contributed by atoms with E-state index in [0.29, 0.717) is 18.5 Å². The molecule has 37 heavy (non-hydrogen) atoms. The third kappa shape index (κ3) is 8.88. The quantitative estimate of drug-likeness (QED) is 0.268. The standard InChI is InChI=1S/C29H41N5O3/c1-4-5-6-7-8-10-15-23(2)31-28(36)37-29(3,22-34-26-19-14-13-18-25(26)32-33-34)27(35)30-21-20-24-16-11-9-12-17-24/h9,11-14,16-19,23H,4-8,10,15,20-22H2,1-3H3,(H,30,35)(H,31,36). The Bertz CT molecular complexity index is 1120. The molecule has 3 aromatic rings. The second-order valence-electron chi connectivity index (χ2n) is 9.95. The smallest absolute Gasteiger partial charge is 0.408 e. The van der Waals surface area contributed by atoms with Gasteiger partial charge in [-0.15, -0.1) is 5.10 Å². The fourth-order valence-corrected chi connectivity index (χ4v) is 4.36. The lowest BCUT2D eigenvalue weighted by molar-refractivity contribution is -0.140. The molecule has 0 aliphatic carbocycles. The van der Waals surface area contributed by atoms with Crippen molar-refractivity contribution in [3.8, 4) is 0 Å². The van der Waals surface area contributed by atoms with Crippen molar-refractivity contribution in [3.63, 3.8) is 0 Å². The summed E-state index contributed by atoms with van der Waals surface area (Å²) in [5, 5.41) is 14.2. The molecule has 0 spiro atoms. The highest BCUT2D eigenvalue weighted by Crippen LogP contribution is 2.19. The number of benzene rings is 2. The molecule has 8 nitrogen and oxygen atoms in total. The highest BCUT2D eigenvalue weighted by atomic mass is 16.6. The summed E-state index contributed by atoms with van der Waals surface area (Å²) in [4.78, 5) is 26.2. The SMILES string of the molecule is CCCCCCCCC(C)NC(=O)OC(C)(Cn1nnc2ccccc21)C(=O)NCCc1ccccc1. The maximum absolute atomic E-state index is 13.4. The lowest BCUT2D eigenvalue weighted by atomic mass is 10.0. The van der Waals surface area contributed by atoms with E-state index in [9.17, 15) is 9.59 Å². The van der Waals surface area contributed by atoms with Crippen molar-refractivity contribution in [1.82, 2.24) is 25.6 Å². The van der Waals surface area contributed by atoms with Crippen LogP contribution >= 0.6 is 0 Å². The number of para-hydroxylation sites is 1. The van der Waals surface area contributed by atoms with Crippen LogP contribution in [0.15, 0.2) is 54.6 Å². The van der Waals surface area contributed by atoms with Crippen LogP contribution in [0.3, 0.4) is 0 Å². The average molecular weight is 508 g/mol. The molecule has 1 heterocycles. The summed E-state index contributed by atoms with van der Waals surface area (Å²) in [7, 11) is 0. The van der Waals surface area contributed by atoms with Gasteiger partial charge in [0.05, 0.1) is 12.1 Å². The highest BCUT2D eigenvalue weighted by Gasteiger charge is 2.39. The minimum absolute atomic E-state index is 0.0451. The van der Waals surface area contributed by atoms with E-state index in [1.54, 1.807) is 11.6 Å². The number of carbonyl (C=O) groups excluding carboxylic acids is 2. The number of ether oxygens (including phenoxy) is 1. The molecule has 0 saturated heterocycles. The molecule has 2 unspecified atom stereocenters. The number of fused-ring (bicyclic) bond motifs is 1. The normalized spacial score (nSPS) is 13.6. The molecule has 3 rings (SSSR count). The minimum atomic E-state index is -1.48. The van der Waals surface area contributed by atoms with E-state index in [4.69, 9.17) is 4.74 Å². The molecule has 2 atom stereocenters. The van der Waals surface area contributed by atoms with Crippen molar-refractivity contribution in [2.75, 3.05) is 6.54 Å². The van der Waals surface area contributed by atoms with Crippen LogP contribution in [0.25, 0.3) is 11.0 Å². The van der Waals surface area contributed by atoms with Crippen molar-refractivity contribution < 1.29 is 14.3 Å². The molecular formula is C29H41N5O3. The number of nitrogens with zero attached hydrogens (tertiary/aromatic N) is 3. The fraction of sp³-hybridized carbons (Fsp3) is 0.517. The Hall–Kier alpha value is -3.42. The third-order valence-corrected chi connectivity index (χ3v) is 6.57. The van der Waals surface area contributed by atoms with E-state index in [1.807, 2.05) is 61.5 Å². The molecule has 0 bridgehead atoms. The first-order valence-electron chi connectivity index (χ1n) is 13.5. The second kappa shape index (κ2) is 14.4. The van der Waals surface area contributed by atoms with Crippen LogP contribution in [0.2, 0.25) is 0 Å². The number of hydrogen-bond donors (Lipinski definition) is 2. The maximum atomic E-state index is 13.4. The van der Waals surface area contributed by atoms with Crippen molar-refractivity contribution in [2.45, 2.75) is 90.3 Å². The Morgan fingerprint density at radius 2 is 1.70 bits per heavy atom. The predicted molar refractivity (Wildman–Crippen MR) is 146 cm³/mol. The van der Waals surface area contributed by atoms with Gasteiger partial charge in [0.15, 0.2) is 0 Å². The topological polar surface area (TPSA) is 98.1 Å². The molecule has 0 saturated carbocycles. The van der Waals surface area contributed by atoms with Crippen molar-refractivity contribution >= 4 is 23.0 Å². The zero-order valence-electron chi connectivity index (χ0n) is 22.4. The predicted octanol–water partition coefficient (Wildman–Crippen LogP) is 5.41. The van der Waals surface area contributed by atoms with Gasteiger partial charge in [-0.25, -0.2) is 9.48 Å². The van der Waals surface area contributed by atoms with Crippen LogP contribution in [-0.2, 0) is 22.5 Å². The maximum Gasteiger partial charge on any atom is 0.408 e. The molecule has 0 radical (unpaired) electrons. The van der Waals surface area contributed by atoms with Crippen LogP contribution in [0.4, 0.5) is 4.79 Å². The molecule has 2 N–H and O–H groups in total. The van der Waals surface area contributed by atoms with Crippen LogP contribution in [0, 0.1) is 0 Å². The Labute approximate surface area is 220 Å². The second-order valence-corrected chi connectivity index (χ2v) is 9.95. The lowest BCUT2D eigenvalue weighted by Gasteiger charge is -2.29. The van der Waals surface area contributed by atoms with Crippen LogP contribution in [0.5, 0.6) is 0 Å². The van der Waals surface area contributed by atoms with Gasteiger partial charge in [-0.05, 0) is 44.4 Å². The van der Waals surface area contributed by atoms with Gasteiger partial charge in [-0.1, -0.05) is 93.1 Å². The van der Waals surface area contributed by atoms with E-state index in [1.165, 1.54) is 25.7 Å². The number of unbranched alkanes of at least 4 members (excludes halogenated alkanes) is 5. The number of rotatable bonds is 15. The minimum Gasteiger partial charge on any atom is -0.431 e. The molecule has 1 aromatic heterocycles. The first-order chi connectivity index (χ1) is 17.9. The van der Waals surface area contributed by atoms with Gasteiger partial charge in [-0.2, -0.15) is 0 Å². The van der Waals surface area contributed by atoms with Gasteiger partial charge in [0, 0.05) is 12.6 Å². The van der Waals surface area contributed by atoms with Gasteiger partial charge in [0.25, 0.3) is 5.91 Å². The zero-order chi connectivity index (χ0) is 26.5. The lowest BCUT2D eigenvalue weighted by Crippen LogP contribution is -2.53. The molecule has 2 aromatic carbocycles. The largest absolute Gasteiger partial charge is 0.431 e. The van der Waals surface area contributed by atoms with Gasteiger partial charge < -0.3 is 15.4 Å². The summed E-state index contributed by atoms with van der Waals surface area (Å²) >= 11 is 0. The van der Waals surface area contributed by atoms with E-state index in [-0.39, 0.29) is 18.5 Å². The Morgan fingerprint density at radius 1 is 1.00 bits per heavy atom. The number of hydrogen-bond acceptors (Lipinski definition) is 5. The third-order valence-electron chi connectivity index (χ3n) is 6.57. The first kappa shape index (κ1) is 28.2. The molecule has 0 aliphatic heterocycles. The number of amides is 2. The summed E-state index contributed by atoms with van der Waals surface area (Å²) in [6, 6.07) is 17.4. The summed E-state index contributed by atoms with van der Waals surface area (Å²) < 4.78 is 7.41. The van der Waals surface area contributed by atoms with Gasteiger partial charge in [0.1, 0.15) is 5.52 Å². The molecule has 8 heteroatoms. The van der Waals surface area contributed by atoms with E-state index in [2.05, 4.69) is 27.9 Å². The number of nitrogens with one attached hydrogen (secondary N) is 2. The Balaban J connectivity index is 1.62.